The molecule has 3 rings (SSSR count). The van der Waals surface area contributed by atoms with E-state index in [-0.39, 0.29) is 21.8 Å². The summed E-state index contributed by atoms with van der Waals surface area (Å²) in [6, 6.07) is 4.17. The average molecular weight is 513 g/mol. The molecule has 0 bridgehead atoms. The van der Waals surface area contributed by atoms with Gasteiger partial charge in [0.15, 0.2) is 11.5 Å². The van der Waals surface area contributed by atoms with Crippen LogP contribution >= 0.6 is 15.9 Å². The fraction of sp³-hybridized carbons (Fsp3) is 0.389. The van der Waals surface area contributed by atoms with Crippen molar-refractivity contribution in [3.05, 3.63) is 56.3 Å². The van der Waals surface area contributed by atoms with E-state index < -0.39 is 10.7 Å². The van der Waals surface area contributed by atoms with Crippen LogP contribution in [0.15, 0.2) is 44.5 Å². The molecule has 0 unspecified atom stereocenters. The molecule has 2 heterocycles. The summed E-state index contributed by atoms with van der Waals surface area (Å²) in [7, 11) is 0. The molecule has 0 aliphatic carbocycles. The third-order valence-corrected chi connectivity index (χ3v) is 5.25. The predicted molar refractivity (Wildman–Crippen MR) is 117 cm³/mol. The van der Waals surface area contributed by atoms with E-state index in [4.69, 9.17) is 4.63 Å². The van der Waals surface area contributed by atoms with E-state index >= 15 is 0 Å². The lowest BCUT2D eigenvalue weighted by atomic mass is 10.1. The number of piperidine rings is 1. The lowest BCUT2D eigenvalue weighted by molar-refractivity contribution is -0.404. The van der Waals surface area contributed by atoms with Gasteiger partial charge in [0, 0.05) is 31.9 Å². The van der Waals surface area contributed by atoms with Crippen LogP contribution in [0.1, 0.15) is 25.0 Å². The van der Waals surface area contributed by atoms with Crippen molar-refractivity contribution in [2.75, 3.05) is 36.8 Å². The van der Waals surface area contributed by atoms with Crippen LogP contribution in [-0.4, -0.2) is 57.4 Å². The topological polar surface area (TPSA) is 154 Å². The Balaban J connectivity index is 1.58. The molecular formula is C18H22BrFN8O4. The zero-order valence-electron chi connectivity index (χ0n) is 16.9. The molecule has 172 valence electrons. The second kappa shape index (κ2) is 11.3. The van der Waals surface area contributed by atoms with Gasteiger partial charge in [-0.15, -0.1) is 0 Å². The number of hydrogen-bond acceptors (Lipinski definition) is 10. The summed E-state index contributed by atoms with van der Waals surface area (Å²) in [5.41, 5.74) is 0.544. The zero-order valence-corrected chi connectivity index (χ0v) is 18.5. The predicted octanol–water partition coefficient (Wildman–Crippen LogP) is 2.78. The number of oxime groups is 1. The number of nitrogens with one attached hydrogen (secondary N) is 3. The molecule has 1 aromatic heterocycles. The molecule has 1 saturated heterocycles. The molecule has 1 aliphatic heterocycles. The molecule has 1 aliphatic rings. The van der Waals surface area contributed by atoms with E-state index in [0.29, 0.717) is 24.6 Å². The summed E-state index contributed by atoms with van der Waals surface area (Å²) in [5, 5.41) is 39.9. The third-order valence-electron chi connectivity index (χ3n) is 4.64. The maximum Gasteiger partial charge on any atom is 0.274 e. The molecule has 1 fully saturated rings. The van der Waals surface area contributed by atoms with Crippen LogP contribution in [0.4, 0.5) is 15.9 Å². The molecule has 0 radical (unpaired) electrons. The number of anilines is 2. The van der Waals surface area contributed by atoms with Gasteiger partial charge in [0.2, 0.25) is 11.7 Å². The highest BCUT2D eigenvalue weighted by molar-refractivity contribution is 9.10. The van der Waals surface area contributed by atoms with Crippen LogP contribution in [0.25, 0.3) is 0 Å². The van der Waals surface area contributed by atoms with Crippen LogP contribution in [-0.2, 0) is 0 Å². The van der Waals surface area contributed by atoms with E-state index in [0.717, 1.165) is 38.6 Å². The molecule has 12 nitrogen and oxygen atoms in total. The minimum Gasteiger partial charge on any atom is -0.409 e. The minimum absolute atomic E-state index is 0.0672. The number of benzene rings is 1. The first-order valence-corrected chi connectivity index (χ1v) is 10.6. The van der Waals surface area contributed by atoms with Gasteiger partial charge in [0.05, 0.1) is 9.40 Å². The molecule has 0 amide bonds. The van der Waals surface area contributed by atoms with Crippen molar-refractivity contribution in [3.63, 3.8) is 0 Å². The third kappa shape index (κ3) is 6.29. The first-order valence-electron chi connectivity index (χ1n) is 9.83. The quantitative estimate of drug-likeness (QED) is 0.0983. The number of aromatic nitrogens is 2. The van der Waals surface area contributed by atoms with E-state index in [1.54, 1.807) is 0 Å². The minimum atomic E-state index is -0.479. The van der Waals surface area contributed by atoms with Crippen molar-refractivity contribution in [2.45, 2.75) is 19.3 Å². The lowest BCUT2D eigenvalue weighted by Gasteiger charge is -2.29. The zero-order chi connectivity index (χ0) is 22.9. The second-order valence-corrected chi connectivity index (χ2v) is 7.72. The largest absolute Gasteiger partial charge is 0.409 e. The molecular weight excluding hydrogens is 491 g/mol. The average Bonchev–Trinajstić information content (AvgIpc) is 3.25. The molecule has 0 spiro atoms. The first kappa shape index (κ1) is 23.2. The first-order chi connectivity index (χ1) is 15.5. The maximum absolute atomic E-state index is 13.4. The summed E-state index contributed by atoms with van der Waals surface area (Å²) in [4.78, 5) is 12.4. The number of likely N-dealkylation sites (tertiary alicyclic amines) is 1. The van der Waals surface area contributed by atoms with Crippen molar-refractivity contribution >= 4 is 33.3 Å². The number of nitro groups is 1. The fourth-order valence-corrected chi connectivity index (χ4v) is 3.53. The van der Waals surface area contributed by atoms with Crippen molar-refractivity contribution < 1.29 is 19.2 Å². The molecule has 32 heavy (non-hydrogen) atoms. The van der Waals surface area contributed by atoms with Gasteiger partial charge in [-0.1, -0.05) is 5.16 Å². The molecule has 1 aromatic carbocycles. The Morgan fingerprint density at radius 3 is 2.81 bits per heavy atom. The van der Waals surface area contributed by atoms with Crippen LogP contribution in [0.3, 0.4) is 0 Å². The Kier molecular flexibility index (Phi) is 8.19. The van der Waals surface area contributed by atoms with E-state index in [2.05, 4.69) is 47.3 Å². The van der Waals surface area contributed by atoms with Crippen molar-refractivity contribution in [1.82, 2.24) is 20.5 Å². The molecule has 14 heteroatoms. The normalized spacial score (nSPS) is 14.9. The number of amidine groups is 1. The Bertz CT molecular complexity index is 993. The van der Waals surface area contributed by atoms with Gasteiger partial charge in [0.25, 0.3) is 6.20 Å². The lowest BCUT2D eigenvalue weighted by Crippen LogP contribution is -2.37. The number of hydrogen-bond donors (Lipinski definition) is 4. The summed E-state index contributed by atoms with van der Waals surface area (Å²) in [6.45, 7) is 2.20. The standard InChI is InChI=1S/C18H22BrFN8O4/c19-13-10-12(4-5-14(13)20)23-18(24-29)16-17(26-32-25-16)22-7-6-21-15(11-28(30)31)27-8-2-1-3-9-27/h4-5,10-11,21,29H,1-3,6-9H2,(H,22,26)(H,23,24). The van der Waals surface area contributed by atoms with Gasteiger partial charge in [-0.3, -0.25) is 10.1 Å². The Hall–Kier alpha value is -3.42. The van der Waals surface area contributed by atoms with Gasteiger partial charge in [0.1, 0.15) is 5.82 Å². The smallest absolute Gasteiger partial charge is 0.274 e. The van der Waals surface area contributed by atoms with Crippen LogP contribution in [0.5, 0.6) is 0 Å². The summed E-state index contributed by atoms with van der Waals surface area (Å²) >= 11 is 3.09. The SMILES string of the molecule is O=[N+]([O-])C=C(NCCNc1nonc1C(=NO)Nc1ccc(F)c(Br)c1)N1CCCCC1. The summed E-state index contributed by atoms with van der Waals surface area (Å²) < 4.78 is 18.4. The van der Waals surface area contributed by atoms with Gasteiger partial charge < -0.3 is 26.1 Å². The maximum atomic E-state index is 13.4. The Morgan fingerprint density at radius 2 is 2.12 bits per heavy atom. The van der Waals surface area contributed by atoms with Crippen molar-refractivity contribution in [3.8, 4) is 0 Å². The van der Waals surface area contributed by atoms with E-state index in [1.165, 1.54) is 18.2 Å². The monoisotopic (exact) mass is 512 g/mol. The molecule has 4 N–H and O–H groups in total. The highest BCUT2D eigenvalue weighted by Crippen LogP contribution is 2.21. The second-order valence-electron chi connectivity index (χ2n) is 6.86. The summed E-state index contributed by atoms with van der Waals surface area (Å²) in [6.07, 6.45) is 4.06. The Labute approximate surface area is 190 Å². The van der Waals surface area contributed by atoms with Crippen LogP contribution in [0.2, 0.25) is 0 Å². The van der Waals surface area contributed by atoms with E-state index in [9.17, 15) is 19.7 Å². The molecule has 0 saturated carbocycles. The van der Waals surface area contributed by atoms with Crippen LogP contribution in [0, 0.1) is 15.9 Å². The Morgan fingerprint density at radius 1 is 1.34 bits per heavy atom. The molecule has 0 atom stereocenters. The highest BCUT2D eigenvalue weighted by Gasteiger charge is 2.19. The fourth-order valence-electron chi connectivity index (χ4n) is 3.15. The number of halogens is 2. The van der Waals surface area contributed by atoms with Crippen molar-refractivity contribution in [2.24, 2.45) is 5.16 Å². The molecule has 2 aromatic rings. The van der Waals surface area contributed by atoms with Gasteiger partial charge in [-0.2, -0.15) is 0 Å². The van der Waals surface area contributed by atoms with Crippen LogP contribution < -0.4 is 16.0 Å². The van der Waals surface area contributed by atoms with Crippen molar-refractivity contribution in [1.29, 1.82) is 0 Å². The van der Waals surface area contributed by atoms with Gasteiger partial charge >= 0.3 is 0 Å². The van der Waals surface area contributed by atoms with Gasteiger partial charge in [-0.25, -0.2) is 9.02 Å². The number of rotatable bonds is 9. The summed E-state index contributed by atoms with van der Waals surface area (Å²) in [5.74, 6) is 0.149. The van der Waals surface area contributed by atoms with Gasteiger partial charge in [-0.05, 0) is 63.7 Å². The number of nitrogens with zero attached hydrogens (tertiary/aromatic N) is 5. The van der Waals surface area contributed by atoms with E-state index in [1.807, 2.05) is 4.90 Å². The highest BCUT2D eigenvalue weighted by atomic mass is 79.9.